The quantitative estimate of drug-likeness (QED) is 0.0163. The number of nitrogens with one attached hydrogen (secondary N) is 3. The lowest BCUT2D eigenvalue weighted by Gasteiger charge is -2.03. The second kappa shape index (κ2) is 144. The van der Waals surface area contributed by atoms with Gasteiger partial charge in [-0.2, -0.15) is 0 Å². The summed E-state index contributed by atoms with van der Waals surface area (Å²) in [5, 5.41) is 126. The third kappa shape index (κ3) is 366. The molecule has 0 spiro atoms. The maximum absolute atomic E-state index is 8.92. The van der Waals surface area contributed by atoms with Crippen LogP contribution in [-0.4, -0.2) is 285 Å². The molecule has 0 aromatic rings. The van der Waals surface area contributed by atoms with Crippen molar-refractivity contribution in [1.29, 1.82) is 0 Å². The Morgan fingerprint density at radius 3 is 1.07 bits per heavy atom. The van der Waals surface area contributed by atoms with Crippen LogP contribution in [0.3, 0.4) is 0 Å². The van der Waals surface area contributed by atoms with Crippen molar-refractivity contribution in [2.75, 3.05) is 156 Å². The van der Waals surface area contributed by atoms with Gasteiger partial charge in [-0.15, -0.1) is 4.67 Å². The van der Waals surface area contributed by atoms with Crippen LogP contribution in [0, 0.1) is 0 Å². The van der Waals surface area contributed by atoms with Gasteiger partial charge >= 0.3 is 0 Å². The van der Waals surface area contributed by atoms with Crippen LogP contribution >= 0.6 is 0 Å². The summed E-state index contributed by atoms with van der Waals surface area (Å²) in [4.78, 5) is 21.2. The molecule has 0 atom stereocenters. The molecule has 0 fully saturated rings. The van der Waals surface area contributed by atoms with E-state index in [-0.39, 0.29) is 59.3 Å². The van der Waals surface area contributed by atoms with Gasteiger partial charge in [-0.05, 0) is 39.4 Å². The molecule has 19 N–H and O–H groups in total. The Morgan fingerprint density at radius 2 is 1.04 bits per heavy atom. The molecular weight excluding hydrogens is 938 g/mol. The van der Waals surface area contributed by atoms with Crippen molar-refractivity contribution in [2.24, 2.45) is 9.98 Å². The molecule has 0 radical (unpaired) electrons. The average molecular weight is 1040 g/mol. The zero-order valence-corrected chi connectivity index (χ0v) is 42.9. The van der Waals surface area contributed by atoms with E-state index in [2.05, 4.69) is 42.3 Å². The third-order valence-electron chi connectivity index (χ3n) is 3.85. The molecule has 0 aromatic heterocycles. The minimum absolute atomic E-state index is 0.0104. The number of methoxy groups -OCH3 is 3. The molecule has 0 rings (SSSR count). The number of ether oxygens (including phenoxy) is 3. The molecular formula is C41H96N9O20+. The molecule has 0 aliphatic heterocycles. The number of carbonyl (C=O) groups excluding carboxylic acids is 1. The first kappa shape index (κ1) is 97.9. The van der Waals surface area contributed by atoms with E-state index in [9.17, 15) is 0 Å². The van der Waals surface area contributed by atoms with Crippen LogP contribution in [-0.2, 0) is 19.0 Å². The summed E-state index contributed by atoms with van der Waals surface area (Å²) in [5.41, 5.74) is 5.55. The van der Waals surface area contributed by atoms with Gasteiger partial charge in [0.1, 0.15) is 37.9 Å². The van der Waals surface area contributed by atoms with Crippen molar-refractivity contribution in [2.45, 2.75) is 6.42 Å². The molecule has 29 heteroatoms. The molecule has 0 aliphatic carbocycles. The second-order valence-corrected chi connectivity index (χ2v) is 10.5. The van der Waals surface area contributed by atoms with Gasteiger partial charge in [0.05, 0.1) is 85.5 Å². The molecule has 0 saturated heterocycles. The number of likely N-dealkylation sites (N-methyl/N-ethyl adjacent to an activating group) is 1. The summed E-state index contributed by atoms with van der Waals surface area (Å²) in [6.07, 6.45) is 17.4. The Kier molecular flexibility index (Phi) is 201. The molecule has 29 nitrogen and oxygen atoms in total. The minimum Gasteiger partial charge on any atom is -0.516 e. The number of carbonyl (C=O) groups is 1. The monoisotopic (exact) mass is 1030 g/mol. The van der Waals surface area contributed by atoms with Crippen molar-refractivity contribution in [3.8, 4) is 0 Å². The summed E-state index contributed by atoms with van der Waals surface area (Å²) in [6.45, 7) is 9.24. The number of rotatable bonds is 20. The Balaban J connectivity index is -0.0000000458. The number of aliphatic imine (C=N–C) groups is 2. The van der Waals surface area contributed by atoms with Gasteiger partial charge in [0.25, 0.3) is 12.9 Å². The highest BCUT2D eigenvalue weighted by atomic mass is 16.5. The summed E-state index contributed by atoms with van der Waals surface area (Å²) in [6, 6.07) is 0. The number of hydrogen-bond acceptors (Lipinski definition) is 28. The highest BCUT2D eigenvalue weighted by molar-refractivity contribution is 5.58. The van der Waals surface area contributed by atoms with E-state index in [1.54, 1.807) is 36.4 Å². The van der Waals surface area contributed by atoms with Crippen LogP contribution in [0.4, 0.5) is 0 Å². The van der Waals surface area contributed by atoms with E-state index in [1.165, 1.54) is 51.3 Å². The van der Waals surface area contributed by atoms with Gasteiger partial charge in [0.2, 0.25) is 0 Å². The summed E-state index contributed by atoms with van der Waals surface area (Å²) in [5.74, 6) is 0. The first-order valence-electron chi connectivity index (χ1n) is 19.7. The fourth-order valence-corrected chi connectivity index (χ4v) is 1.26. The van der Waals surface area contributed by atoms with E-state index in [1.807, 2.05) is 63.6 Å². The lowest BCUT2D eigenvalue weighted by atomic mass is 10.5. The molecule has 0 aliphatic rings. The lowest BCUT2D eigenvalue weighted by Crippen LogP contribution is -2.15. The maximum atomic E-state index is 8.92. The van der Waals surface area contributed by atoms with E-state index in [0.29, 0.717) is 32.4 Å². The lowest BCUT2D eigenvalue weighted by molar-refractivity contribution is -0.110. The zero-order chi connectivity index (χ0) is 57.6. The second-order valence-electron chi connectivity index (χ2n) is 10.5. The Bertz CT molecular complexity index is 962. The largest absolute Gasteiger partial charge is 0.516 e. The first-order chi connectivity index (χ1) is 33.5. The topological polar surface area (TPSA) is 453 Å². The molecule has 0 amide bonds. The normalized spacial score (nSPS) is 8.93. The molecule has 0 heterocycles. The molecule has 424 valence electrons. The number of aliphatic hydroxyl groups is 13. The van der Waals surface area contributed by atoms with Crippen LogP contribution in [0.2, 0.25) is 0 Å². The van der Waals surface area contributed by atoms with E-state index in [0.717, 1.165) is 44.1 Å². The molecule has 0 saturated carbocycles. The van der Waals surface area contributed by atoms with Crippen LogP contribution in [0.15, 0.2) is 84.6 Å². The Hall–Kier alpha value is -5.70. The predicted octanol–water partition coefficient (Wildman–Crippen LogP) is -1.58. The van der Waals surface area contributed by atoms with Crippen molar-refractivity contribution < 1.29 is 101 Å². The summed E-state index contributed by atoms with van der Waals surface area (Å²) in [7, 11) is 17.3. The zero-order valence-electron chi connectivity index (χ0n) is 42.9. The van der Waals surface area contributed by atoms with Gasteiger partial charge < -0.3 is 116 Å². The Labute approximate surface area is 415 Å². The smallest absolute Gasteiger partial charge is 0.293 e. The predicted molar refractivity (Wildman–Crippen MR) is 276 cm³/mol. The number of aliphatic hydroxyl groups excluding tert-OH is 13. The summed E-state index contributed by atoms with van der Waals surface area (Å²) >= 11 is 0. The SMILES string of the molecule is C=NCCO.C=[N+]=CCO.CN(C)/C=C\O.CN(C)C=CO.CN(C)CCO.CN=CCO.CO/C=C\O.COC=CO.COCCO.O/C=C\CNO.O=CCO.OC=CCNO.OCCCNO. The number of hydroxylamine groups is 3. The highest BCUT2D eigenvalue weighted by Crippen LogP contribution is 1.71. The van der Waals surface area contributed by atoms with Crippen molar-refractivity contribution >= 4 is 32.2 Å². The van der Waals surface area contributed by atoms with Crippen molar-refractivity contribution in [1.82, 2.24) is 35.8 Å². The van der Waals surface area contributed by atoms with Gasteiger partial charge in [-0.25, -0.2) is 16.4 Å². The third-order valence-corrected chi connectivity index (χ3v) is 3.85. The van der Waals surface area contributed by atoms with Crippen LogP contribution < -0.4 is 21.1 Å². The summed E-state index contributed by atoms with van der Waals surface area (Å²) < 4.78 is 16.2. The minimum atomic E-state index is -0.361. The number of hydrogen-bond donors (Lipinski definition) is 19. The molecule has 0 unspecified atom stereocenters. The van der Waals surface area contributed by atoms with Crippen LogP contribution in [0.1, 0.15) is 6.42 Å². The van der Waals surface area contributed by atoms with E-state index < -0.39 is 0 Å². The standard InChI is InChI=1S/C4H11NO.2C4H9NO.C3H9NO2.2C3H7NO2.2C3H7NO.C3H6NO.C3H8O2.2C3H6O2.C2H4O2/c3*1-5(2)3-4-6;3*5-3-1-2-4-6;3*1-4-2-3-5;3*1-5-3-2-4;3-1-2-4/h6H,3-4H2,1-2H3;2*3-4,6H,1-2H3;4-6H,1-3H2;2*1,3-6H,2H2;2,5H,3H2,1H3;5H,1-3H2;2,5H,1,3H2;4H,2-3H2,1H3;2*2-4H,1H3;1,4H,2H2/q;;;;;;;;+1;;;;/b;4-3-;;;3-1-;;;;;;3-2-;;. The fraction of sp³-hybridized carbons (Fsp3) is 0.585. The van der Waals surface area contributed by atoms with Crippen LogP contribution in [0.25, 0.3) is 0 Å². The van der Waals surface area contributed by atoms with Crippen molar-refractivity contribution in [3.63, 3.8) is 0 Å². The van der Waals surface area contributed by atoms with E-state index in [4.69, 9.17) is 86.8 Å². The molecule has 0 aromatic carbocycles. The van der Waals surface area contributed by atoms with Gasteiger partial charge in [-0.3, -0.25) is 9.98 Å². The highest BCUT2D eigenvalue weighted by Gasteiger charge is 1.80. The van der Waals surface area contributed by atoms with Gasteiger partial charge in [0.15, 0.2) is 0 Å². The van der Waals surface area contributed by atoms with Crippen LogP contribution in [0.5, 0.6) is 0 Å². The Morgan fingerprint density at radius 1 is 0.614 bits per heavy atom. The average Bonchev–Trinajstić information content (AvgIpc) is 3.33. The first-order valence-corrected chi connectivity index (χ1v) is 19.7. The van der Waals surface area contributed by atoms with E-state index >= 15 is 0 Å². The maximum Gasteiger partial charge on any atom is 0.293 e. The molecule has 0 bridgehead atoms. The van der Waals surface area contributed by atoms with Crippen molar-refractivity contribution in [3.05, 3.63) is 74.6 Å². The number of nitrogens with zero attached hydrogens (tertiary/aromatic N) is 6. The number of aldehydes is 1. The molecule has 70 heavy (non-hydrogen) atoms. The van der Waals surface area contributed by atoms with Gasteiger partial charge in [-0.1, -0.05) is 0 Å². The fourth-order valence-electron chi connectivity index (χ4n) is 1.26. The van der Waals surface area contributed by atoms with Gasteiger partial charge in [0, 0.05) is 93.7 Å².